The summed E-state index contributed by atoms with van der Waals surface area (Å²) in [5, 5.41) is 20.9. The number of hydrogen-bond donors (Lipinski definition) is 2. The third kappa shape index (κ3) is 6.68. The van der Waals surface area contributed by atoms with Gasteiger partial charge in [-0.3, -0.25) is 4.79 Å². The molecule has 0 spiro atoms. The Kier molecular flexibility index (Phi) is 9.19. The Bertz CT molecular complexity index is 713. The van der Waals surface area contributed by atoms with Gasteiger partial charge in [-0.2, -0.15) is 0 Å². The monoisotopic (exact) mass is 429 g/mol. The summed E-state index contributed by atoms with van der Waals surface area (Å²) < 4.78 is 5.31. The molecule has 0 aromatic rings. The molecule has 2 N–H and O–H groups in total. The summed E-state index contributed by atoms with van der Waals surface area (Å²) in [5.74, 6) is 7.25. The first-order valence-corrected chi connectivity index (χ1v) is 12.0. The molecule has 0 radical (unpaired) electrons. The number of amides is 1. The minimum absolute atomic E-state index is 0.0930. The SMILES string of the molecule is CC#CC[C@H](C)[C@H](O)/C=C/[C@@H]1[C@H]2CC(CCCCC(=O)N3CCOCC3)=C[C@H]2C[C@H]1O. The molecule has 1 aliphatic heterocycles. The first-order chi connectivity index (χ1) is 15.0. The highest BCUT2D eigenvalue weighted by atomic mass is 16.5. The number of aliphatic hydroxyl groups is 2. The lowest BCUT2D eigenvalue weighted by Gasteiger charge is -2.26. The van der Waals surface area contributed by atoms with Crippen LogP contribution < -0.4 is 0 Å². The molecule has 0 bridgehead atoms. The Morgan fingerprint density at radius 2 is 2.13 bits per heavy atom. The number of unbranched alkanes of at least 4 members (excludes halogenated alkanes) is 1. The highest BCUT2D eigenvalue weighted by Gasteiger charge is 2.43. The van der Waals surface area contributed by atoms with Crippen LogP contribution in [-0.2, 0) is 9.53 Å². The van der Waals surface area contributed by atoms with Gasteiger partial charge in [0, 0.05) is 31.8 Å². The van der Waals surface area contributed by atoms with E-state index in [-0.39, 0.29) is 23.8 Å². The average molecular weight is 430 g/mol. The standard InChI is InChI=1S/C26H39NO4/c1-3-4-7-19(2)24(28)11-10-22-23-17-20(16-21(23)18-25(22)29)8-5-6-9-26(30)27-12-14-31-15-13-27/h10-11,16,19,21-25,28-29H,5-9,12-15,17-18H2,1-2H3/b11-10+/t19-,21-,22+,23-,24+,25+/m0/s1. The van der Waals surface area contributed by atoms with E-state index in [4.69, 9.17) is 4.74 Å². The van der Waals surface area contributed by atoms with Gasteiger partial charge >= 0.3 is 0 Å². The number of morpholine rings is 1. The number of carbonyl (C=O) groups excluding carboxylic acids is 1. The maximum atomic E-state index is 12.3. The normalized spacial score (nSPS) is 29.9. The van der Waals surface area contributed by atoms with Gasteiger partial charge in [-0.05, 0) is 56.8 Å². The van der Waals surface area contributed by atoms with Gasteiger partial charge in [-0.1, -0.05) is 30.7 Å². The van der Waals surface area contributed by atoms with Crippen LogP contribution >= 0.6 is 0 Å². The van der Waals surface area contributed by atoms with Crippen molar-refractivity contribution in [1.29, 1.82) is 0 Å². The number of fused-ring (bicyclic) bond motifs is 1. The van der Waals surface area contributed by atoms with Gasteiger partial charge in [0.25, 0.3) is 0 Å². The predicted molar refractivity (Wildman–Crippen MR) is 122 cm³/mol. The van der Waals surface area contributed by atoms with Gasteiger partial charge in [0.15, 0.2) is 0 Å². The van der Waals surface area contributed by atoms with Crippen molar-refractivity contribution in [3.8, 4) is 11.8 Å². The fourth-order valence-corrected chi connectivity index (χ4v) is 5.21. The zero-order chi connectivity index (χ0) is 22.2. The third-order valence-corrected chi connectivity index (χ3v) is 7.17. The highest BCUT2D eigenvalue weighted by molar-refractivity contribution is 5.76. The maximum Gasteiger partial charge on any atom is 0.222 e. The van der Waals surface area contributed by atoms with E-state index in [1.807, 2.05) is 30.9 Å². The Hall–Kier alpha value is -1.61. The van der Waals surface area contributed by atoms with Crippen molar-refractivity contribution < 1.29 is 19.7 Å². The van der Waals surface area contributed by atoms with Crippen LogP contribution in [0.5, 0.6) is 0 Å². The van der Waals surface area contributed by atoms with E-state index < -0.39 is 6.10 Å². The Morgan fingerprint density at radius 3 is 2.87 bits per heavy atom. The van der Waals surface area contributed by atoms with E-state index in [0.717, 1.165) is 45.2 Å². The Labute approximate surface area is 187 Å². The van der Waals surface area contributed by atoms with Crippen molar-refractivity contribution >= 4 is 5.91 Å². The molecule has 1 saturated heterocycles. The van der Waals surface area contributed by atoms with Crippen molar-refractivity contribution in [1.82, 2.24) is 4.90 Å². The van der Waals surface area contributed by atoms with E-state index in [9.17, 15) is 15.0 Å². The second-order valence-corrected chi connectivity index (χ2v) is 9.42. The Balaban J connectivity index is 1.41. The summed E-state index contributed by atoms with van der Waals surface area (Å²) in [5.41, 5.74) is 1.48. The molecule has 5 nitrogen and oxygen atoms in total. The van der Waals surface area contributed by atoms with Gasteiger partial charge in [0.1, 0.15) is 0 Å². The second kappa shape index (κ2) is 11.9. The van der Waals surface area contributed by atoms with E-state index in [1.165, 1.54) is 5.57 Å². The quantitative estimate of drug-likeness (QED) is 0.335. The Morgan fingerprint density at radius 1 is 1.35 bits per heavy atom. The van der Waals surface area contributed by atoms with Crippen LogP contribution in [0.15, 0.2) is 23.8 Å². The van der Waals surface area contributed by atoms with E-state index in [0.29, 0.717) is 37.9 Å². The number of aliphatic hydroxyl groups excluding tert-OH is 2. The van der Waals surface area contributed by atoms with Crippen LogP contribution in [0.1, 0.15) is 58.8 Å². The molecule has 172 valence electrons. The van der Waals surface area contributed by atoms with Crippen LogP contribution in [0.4, 0.5) is 0 Å². The van der Waals surface area contributed by atoms with E-state index in [1.54, 1.807) is 0 Å². The molecule has 0 unspecified atom stereocenters. The van der Waals surface area contributed by atoms with Gasteiger partial charge in [0.2, 0.25) is 5.91 Å². The zero-order valence-corrected chi connectivity index (χ0v) is 19.1. The van der Waals surface area contributed by atoms with Crippen molar-refractivity contribution in [2.24, 2.45) is 23.7 Å². The molecule has 31 heavy (non-hydrogen) atoms. The van der Waals surface area contributed by atoms with Gasteiger partial charge in [-0.25, -0.2) is 0 Å². The van der Waals surface area contributed by atoms with Crippen molar-refractivity contribution in [2.75, 3.05) is 26.3 Å². The number of hydrogen-bond acceptors (Lipinski definition) is 4. The second-order valence-electron chi connectivity index (χ2n) is 9.42. The first kappa shape index (κ1) is 24.0. The van der Waals surface area contributed by atoms with E-state index >= 15 is 0 Å². The fraction of sp³-hybridized carbons (Fsp3) is 0.731. The molecule has 3 aliphatic rings. The molecule has 2 fully saturated rings. The molecule has 1 amide bonds. The van der Waals surface area contributed by atoms with Crippen LogP contribution in [0, 0.1) is 35.5 Å². The third-order valence-electron chi connectivity index (χ3n) is 7.17. The molecule has 2 aliphatic carbocycles. The largest absolute Gasteiger partial charge is 0.392 e. The molecule has 3 rings (SSSR count). The number of rotatable bonds is 9. The number of carbonyl (C=O) groups is 1. The number of nitrogens with zero attached hydrogens (tertiary/aromatic N) is 1. The molecule has 0 aromatic carbocycles. The zero-order valence-electron chi connectivity index (χ0n) is 19.1. The summed E-state index contributed by atoms with van der Waals surface area (Å²) in [6.45, 7) is 6.59. The summed E-state index contributed by atoms with van der Waals surface area (Å²) in [7, 11) is 0. The van der Waals surface area contributed by atoms with Gasteiger partial charge in [0.05, 0.1) is 25.4 Å². The average Bonchev–Trinajstić information content (AvgIpc) is 3.30. The van der Waals surface area contributed by atoms with Crippen molar-refractivity contribution in [3.63, 3.8) is 0 Å². The number of ether oxygens (including phenoxy) is 1. The highest BCUT2D eigenvalue weighted by Crippen LogP contribution is 2.48. The minimum atomic E-state index is -0.523. The smallest absolute Gasteiger partial charge is 0.222 e. The topological polar surface area (TPSA) is 70.0 Å². The number of allylic oxidation sites excluding steroid dienone is 2. The van der Waals surface area contributed by atoms with E-state index in [2.05, 4.69) is 17.9 Å². The first-order valence-electron chi connectivity index (χ1n) is 12.0. The lowest BCUT2D eigenvalue weighted by atomic mass is 9.88. The minimum Gasteiger partial charge on any atom is -0.392 e. The molecule has 1 heterocycles. The summed E-state index contributed by atoms with van der Waals surface area (Å²) >= 11 is 0. The molecule has 5 heteroatoms. The molecule has 0 aromatic heterocycles. The lowest BCUT2D eigenvalue weighted by molar-refractivity contribution is -0.135. The lowest BCUT2D eigenvalue weighted by Crippen LogP contribution is -2.40. The van der Waals surface area contributed by atoms with Crippen molar-refractivity contribution in [2.45, 2.75) is 71.0 Å². The van der Waals surface area contributed by atoms with Crippen LogP contribution in [-0.4, -0.2) is 59.5 Å². The van der Waals surface area contributed by atoms with Crippen molar-refractivity contribution in [3.05, 3.63) is 23.8 Å². The van der Waals surface area contributed by atoms with Gasteiger partial charge < -0.3 is 19.8 Å². The molecular weight excluding hydrogens is 390 g/mol. The maximum absolute atomic E-state index is 12.3. The van der Waals surface area contributed by atoms with Crippen LogP contribution in [0.2, 0.25) is 0 Å². The van der Waals surface area contributed by atoms with Crippen LogP contribution in [0.25, 0.3) is 0 Å². The van der Waals surface area contributed by atoms with Gasteiger partial charge in [-0.15, -0.1) is 11.8 Å². The van der Waals surface area contributed by atoms with Crippen LogP contribution in [0.3, 0.4) is 0 Å². The molecule has 1 saturated carbocycles. The summed E-state index contributed by atoms with van der Waals surface area (Å²) in [4.78, 5) is 14.2. The molecule has 6 atom stereocenters. The summed E-state index contributed by atoms with van der Waals surface area (Å²) in [6, 6.07) is 0. The summed E-state index contributed by atoms with van der Waals surface area (Å²) in [6.07, 6.45) is 11.6. The predicted octanol–water partition coefficient (Wildman–Crippen LogP) is 3.32. The fourth-order valence-electron chi connectivity index (χ4n) is 5.21. The molecular formula is C26H39NO4.